The minimum atomic E-state index is -2.84. The van der Waals surface area contributed by atoms with Crippen LogP contribution in [-0.4, -0.2) is 74.4 Å². The van der Waals surface area contributed by atoms with Crippen molar-refractivity contribution in [3.8, 4) is 0 Å². The van der Waals surface area contributed by atoms with E-state index in [1.807, 2.05) is 13.8 Å². The summed E-state index contributed by atoms with van der Waals surface area (Å²) in [7, 11) is 0. The van der Waals surface area contributed by atoms with Crippen LogP contribution in [0.5, 0.6) is 0 Å². The van der Waals surface area contributed by atoms with Gasteiger partial charge in [0.2, 0.25) is 0 Å². The maximum absolute atomic E-state index is 12.6. The van der Waals surface area contributed by atoms with Gasteiger partial charge in [-0.3, -0.25) is 0 Å². The highest BCUT2D eigenvalue weighted by atomic mass is 16.7. The molecule has 0 bridgehead atoms. The van der Waals surface area contributed by atoms with Gasteiger partial charge in [-0.25, -0.2) is 4.79 Å². The van der Waals surface area contributed by atoms with Gasteiger partial charge in [-0.1, -0.05) is 27.2 Å². The average molecular weight is 362 g/mol. The molecule has 2 fully saturated rings. The standard InChI is InChI=1S/C17H30O8/c1-8(2)12-9(3)5-4-6-10(12)24-16(22)17(23)15(21)14(20)13(19)11(7-18)25-17/h8-15,18-21,23H,4-7H2,1-3H3/t9?,10?,11-,12?,13-,14+,15-,17+/m1/s1. The molecule has 1 heterocycles. The van der Waals surface area contributed by atoms with Gasteiger partial charge in [0.05, 0.1) is 6.61 Å². The van der Waals surface area contributed by atoms with Crippen molar-refractivity contribution in [3.05, 3.63) is 0 Å². The van der Waals surface area contributed by atoms with Crippen LogP contribution in [0.1, 0.15) is 40.0 Å². The Morgan fingerprint density at radius 2 is 1.88 bits per heavy atom. The Morgan fingerprint density at radius 1 is 1.24 bits per heavy atom. The number of hydrogen-bond acceptors (Lipinski definition) is 8. The lowest BCUT2D eigenvalue weighted by atomic mass is 9.72. The summed E-state index contributed by atoms with van der Waals surface area (Å²) in [6, 6.07) is 0. The number of ether oxygens (including phenoxy) is 2. The number of aliphatic hydroxyl groups is 5. The van der Waals surface area contributed by atoms with E-state index < -0.39 is 48.9 Å². The molecule has 2 rings (SSSR count). The molecule has 2 aliphatic rings. The number of carbonyl (C=O) groups is 1. The van der Waals surface area contributed by atoms with E-state index in [0.717, 1.165) is 12.8 Å². The first kappa shape index (κ1) is 20.5. The number of hydrogen-bond donors (Lipinski definition) is 5. The van der Waals surface area contributed by atoms with Gasteiger partial charge >= 0.3 is 5.97 Å². The molecule has 8 nitrogen and oxygen atoms in total. The molecule has 8 heteroatoms. The van der Waals surface area contributed by atoms with E-state index in [0.29, 0.717) is 12.3 Å². The maximum Gasteiger partial charge on any atom is 0.369 e. The molecule has 1 aliphatic heterocycles. The van der Waals surface area contributed by atoms with Crippen molar-refractivity contribution in [2.75, 3.05) is 6.61 Å². The molecule has 0 aromatic heterocycles. The first-order chi connectivity index (χ1) is 11.6. The lowest BCUT2D eigenvalue weighted by Gasteiger charge is -2.45. The Bertz CT molecular complexity index is 468. The van der Waals surface area contributed by atoms with Gasteiger partial charge in [0.25, 0.3) is 5.79 Å². The third kappa shape index (κ3) is 3.84. The number of rotatable bonds is 4. The summed E-state index contributed by atoms with van der Waals surface area (Å²) in [5.41, 5.74) is 0. The summed E-state index contributed by atoms with van der Waals surface area (Å²) in [5, 5.41) is 49.3. The van der Waals surface area contributed by atoms with E-state index in [9.17, 15) is 30.3 Å². The first-order valence-corrected chi connectivity index (χ1v) is 8.89. The summed E-state index contributed by atoms with van der Waals surface area (Å²) in [4.78, 5) is 12.6. The normalized spacial score (nSPS) is 45.4. The zero-order valence-corrected chi connectivity index (χ0v) is 14.9. The molecular formula is C17H30O8. The largest absolute Gasteiger partial charge is 0.458 e. The number of carbonyl (C=O) groups excluding carboxylic acids is 1. The second-order valence-electron chi connectivity index (χ2n) is 7.63. The highest BCUT2D eigenvalue weighted by molar-refractivity contribution is 5.79. The van der Waals surface area contributed by atoms with Crippen LogP contribution in [0, 0.1) is 17.8 Å². The van der Waals surface area contributed by atoms with Crippen LogP contribution >= 0.6 is 0 Å². The monoisotopic (exact) mass is 362 g/mol. The van der Waals surface area contributed by atoms with Gasteiger partial charge < -0.3 is 35.0 Å². The maximum atomic E-state index is 12.6. The topological polar surface area (TPSA) is 137 Å². The molecule has 0 aromatic carbocycles. The fraction of sp³-hybridized carbons (Fsp3) is 0.941. The number of aliphatic hydroxyl groups excluding tert-OH is 4. The Labute approximate surface area is 147 Å². The summed E-state index contributed by atoms with van der Waals surface area (Å²) >= 11 is 0. The van der Waals surface area contributed by atoms with E-state index in [-0.39, 0.29) is 11.8 Å². The molecule has 0 aromatic rings. The van der Waals surface area contributed by atoms with Crippen LogP contribution in [0.15, 0.2) is 0 Å². The third-order valence-corrected chi connectivity index (χ3v) is 5.52. The minimum Gasteiger partial charge on any atom is -0.458 e. The van der Waals surface area contributed by atoms with E-state index >= 15 is 0 Å². The summed E-state index contributed by atoms with van der Waals surface area (Å²) in [5.74, 6) is -3.34. The fourth-order valence-corrected chi connectivity index (χ4v) is 4.16. The molecule has 0 spiro atoms. The number of esters is 1. The van der Waals surface area contributed by atoms with Crippen LogP contribution in [-0.2, 0) is 14.3 Å². The highest BCUT2D eigenvalue weighted by Crippen LogP contribution is 2.38. The second-order valence-corrected chi connectivity index (χ2v) is 7.63. The molecule has 146 valence electrons. The zero-order valence-electron chi connectivity index (χ0n) is 14.9. The van der Waals surface area contributed by atoms with Crippen LogP contribution in [0.2, 0.25) is 0 Å². The summed E-state index contributed by atoms with van der Waals surface area (Å²) < 4.78 is 10.5. The molecular weight excluding hydrogens is 332 g/mol. The molecule has 1 saturated carbocycles. The van der Waals surface area contributed by atoms with Crippen molar-refractivity contribution in [2.45, 2.75) is 76.3 Å². The first-order valence-electron chi connectivity index (χ1n) is 8.89. The molecule has 1 saturated heterocycles. The summed E-state index contributed by atoms with van der Waals surface area (Å²) in [6.07, 6.45) is -4.88. The zero-order chi connectivity index (χ0) is 18.9. The Balaban J connectivity index is 2.17. The predicted octanol–water partition coefficient (Wildman–Crippen LogP) is -0.847. The van der Waals surface area contributed by atoms with Crippen molar-refractivity contribution in [1.82, 2.24) is 0 Å². The molecule has 25 heavy (non-hydrogen) atoms. The molecule has 8 atom stereocenters. The smallest absolute Gasteiger partial charge is 0.369 e. The van der Waals surface area contributed by atoms with Gasteiger partial charge in [0.1, 0.15) is 30.5 Å². The van der Waals surface area contributed by atoms with E-state index in [4.69, 9.17) is 9.47 Å². The van der Waals surface area contributed by atoms with Crippen LogP contribution in [0.3, 0.4) is 0 Å². The van der Waals surface area contributed by atoms with E-state index in [2.05, 4.69) is 6.92 Å². The predicted molar refractivity (Wildman–Crippen MR) is 86.2 cm³/mol. The van der Waals surface area contributed by atoms with Crippen molar-refractivity contribution in [2.24, 2.45) is 17.8 Å². The van der Waals surface area contributed by atoms with Crippen molar-refractivity contribution >= 4 is 5.97 Å². The van der Waals surface area contributed by atoms with E-state index in [1.54, 1.807) is 0 Å². The average Bonchev–Trinajstić information content (AvgIpc) is 2.56. The minimum absolute atomic E-state index is 0.103. The Kier molecular flexibility index (Phi) is 6.45. The van der Waals surface area contributed by atoms with Crippen LogP contribution in [0.25, 0.3) is 0 Å². The van der Waals surface area contributed by atoms with Crippen molar-refractivity contribution in [3.63, 3.8) is 0 Å². The van der Waals surface area contributed by atoms with Gasteiger partial charge in [-0.15, -0.1) is 0 Å². The van der Waals surface area contributed by atoms with Gasteiger partial charge in [0.15, 0.2) is 0 Å². The van der Waals surface area contributed by atoms with Crippen molar-refractivity contribution < 1.29 is 39.8 Å². The van der Waals surface area contributed by atoms with Gasteiger partial charge in [0, 0.05) is 5.92 Å². The Morgan fingerprint density at radius 3 is 2.44 bits per heavy atom. The van der Waals surface area contributed by atoms with Crippen LogP contribution < -0.4 is 0 Å². The quantitative estimate of drug-likeness (QED) is 0.408. The molecule has 0 radical (unpaired) electrons. The molecule has 0 amide bonds. The van der Waals surface area contributed by atoms with Crippen LogP contribution in [0.4, 0.5) is 0 Å². The third-order valence-electron chi connectivity index (χ3n) is 5.52. The van der Waals surface area contributed by atoms with E-state index in [1.165, 1.54) is 0 Å². The Hall–Kier alpha value is -0.770. The van der Waals surface area contributed by atoms with Crippen molar-refractivity contribution in [1.29, 1.82) is 0 Å². The van der Waals surface area contributed by atoms with Gasteiger partial charge in [-0.2, -0.15) is 0 Å². The SMILES string of the molecule is CC(C)C1C(C)CCCC1OC(=O)[C@@]1(O)O[C@H](CO)[C@@H](O)[C@H](O)[C@H]1O. The lowest BCUT2D eigenvalue weighted by molar-refractivity contribution is -0.341. The summed E-state index contributed by atoms with van der Waals surface area (Å²) in [6.45, 7) is 5.43. The second kappa shape index (κ2) is 7.85. The molecule has 3 unspecified atom stereocenters. The highest BCUT2D eigenvalue weighted by Gasteiger charge is 2.59. The van der Waals surface area contributed by atoms with Gasteiger partial charge in [-0.05, 0) is 24.7 Å². The lowest BCUT2D eigenvalue weighted by Crippen LogP contribution is -2.68. The fourth-order valence-electron chi connectivity index (χ4n) is 4.16. The molecule has 1 aliphatic carbocycles. The molecule has 5 N–H and O–H groups in total.